The van der Waals surface area contributed by atoms with Crippen LogP contribution in [0.1, 0.15) is 5.56 Å². The van der Waals surface area contributed by atoms with Gasteiger partial charge in [-0.3, -0.25) is 0 Å². The highest BCUT2D eigenvalue weighted by Crippen LogP contribution is 2.22. The number of hydrogen-bond acceptors (Lipinski definition) is 1. The molecule has 0 N–H and O–H groups in total. The normalized spacial score (nSPS) is 13.1. The molecule has 0 bridgehead atoms. The van der Waals surface area contributed by atoms with Crippen LogP contribution >= 0.6 is 0 Å². The Balaban J connectivity index is 1.96. The molecule has 0 unspecified atom stereocenters. The number of nitrogens with zero attached hydrogens (tertiary/aromatic N) is 1. The minimum Gasteiger partial charge on any atom is -0.237 e. The Hall–Kier alpha value is -2.11. The second-order valence-corrected chi connectivity index (χ2v) is 3.85. The topological polar surface area (TPSA) is 12.4 Å². The predicted molar refractivity (Wildman–Crippen MR) is 67.6 cm³/mol. The van der Waals surface area contributed by atoms with E-state index < -0.39 is 0 Å². The van der Waals surface area contributed by atoms with Crippen molar-refractivity contribution in [2.24, 2.45) is 4.99 Å². The fourth-order valence-electron chi connectivity index (χ4n) is 1.81. The number of hydrogen-bond donors (Lipinski definition) is 0. The molecule has 0 saturated heterocycles. The average Bonchev–Trinajstić information content (AvgIpc) is 2.29. The van der Waals surface area contributed by atoms with E-state index in [9.17, 15) is 0 Å². The lowest BCUT2D eigenvalue weighted by Crippen LogP contribution is -1.97. The SMILES string of the molecule is C1=NCC=1c1ccc(-c2ccccc2)cc1. The van der Waals surface area contributed by atoms with E-state index in [0.717, 1.165) is 6.54 Å². The Labute approximate surface area is 94.8 Å². The molecular formula is C15H11N. The zero-order valence-electron chi connectivity index (χ0n) is 8.85. The van der Waals surface area contributed by atoms with Crippen molar-refractivity contribution in [1.82, 2.24) is 0 Å². The molecule has 0 aliphatic carbocycles. The van der Waals surface area contributed by atoms with Crippen molar-refractivity contribution in [1.29, 1.82) is 0 Å². The summed E-state index contributed by atoms with van der Waals surface area (Å²) in [6.07, 6.45) is 0. The van der Waals surface area contributed by atoms with Gasteiger partial charge in [-0.1, -0.05) is 54.6 Å². The lowest BCUT2D eigenvalue weighted by molar-refractivity contribution is 1.24. The molecule has 0 radical (unpaired) electrons. The molecule has 2 aromatic rings. The molecule has 0 aromatic heterocycles. The molecule has 1 aliphatic rings. The Morgan fingerprint density at radius 2 is 1.31 bits per heavy atom. The molecule has 0 amide bonds. The van der Waals surface area contributed by atoms with Crippen LogP contribution in [0.5, 0.6) is 0 Å². The summed E-state index contributed by atoms with van der Waals surface area (Å²) in [5.74, 6) is 2.96. The third kappa shape index (κ3) is 1.58. The van der Waals surface area contributed by atoms with Gasteiger partial charge in [-0.15, -0.1) is 0 Å². The summed E-state index contributed by atoms with van der Waals surface area (Å²) in [4.78, 5) is 3.97. The molecule has 1 aliphatic heterocycles. The van der Waals surface area contributed by atoms with Gasteiger partial charge in [0.05, 0.1) is 6.54 Å². The number of rotatable bonds is 2. The molecule has 0 atom stereocenters. The van der Waals surface area contributed by atoms with Gasteiger partial charge in [0.2, 0.25) is 0 Å². The molecule has 3 rings (SSSR count). The summed E-state index contributed by atoms with van der Waals surface area (Å²) in [5, 5.41) is 0. The van der Waals surface area contributed by atoms with Crippen LogP contribution in [0.25, 0.3) is 16.7 Å². The van der Waals surface area contributed by atoms with E-state index in [1.807, 2.05) is 6.07 Å². The van der Waals surface area contributed by atoms with Crippen LogP contribution in [-0.2, 0) is 0 Å². The average molecular weight is 205 g/mol. The Morgan fingerprint density at radius 1 is 0.750 bits per heavy atom. The van der Waals surface area contributed by atoms with Crippen LogP contribution in [0.2, 0.25) is 0 Å². The quantitative estimate of drug-likeness (QED) is 0.712. The molecule has 1 heteroatoms. The third-order valence-corrected chi connectivity index (χ3v) is 2.79. The predicted octanol–water partition coefficient (Wildman–Crippen LogP) is 3.42. The van der Waals surface area contributed by atoms with Gasteiger partial charge in [-0.05, 0) is 22.6 Å². The third-order valence-electron chi connectivity index (χ3n) is 2.79. The van der Waals surface area contributed by atoms with Crippen molar-refractivity contribution >= 4 is 11.4 Å². The van der Waals surface area contributed by atoms with Crippen LogP contribution in [0.3, 0.4) is 0 Å². The highest BCUT2D eigenvalue weighted by molar-refractivity contribution is 5.96. The molecule has 0 fully saturated rings. The van der Waals surface area contributed by atoms with Gasteiger partial charge < -0.3 is 0 Å². The maximum atomic E-state index is 3.97. The van der Waals surface area contributed by atoms with E-state index in [0.29, 0.717) is 0 Å². The molecule has 1 heterocycles. The van der Waals surface area contributed by atoms with Crippen molar-refractivity contribution in [3.05, 3.63) is 60.2 Å². The Kier molecular flexibility index (Phi) is 2.17. The molecule has 0 saturated carbocycles. The van der Waals surface area contributed by atoms with E-state index in [-0.39, 0.29) is 0 Å². The van der Waals surface area contributed by atoms with Gasteiger partial charge >= 0.3 is 0 Å². The van der Waals surface area contributed by atoms with Gasteiger partial charge in [0.1, 0.15) is 0 Å². The van der Waals surface area contributed by atoms with Gasteiger partial charge in [0.25, 0.3) is 0 Å². The first-order chi connectivity index (χ1) is 7.93. The molecule has 16 heavy (non-hydrogen) atoms. The van der Waals surface area contributed by atoms with Gasteiger partial charge in [-0.25, -0.2) is 4.99 Å². The second kappa shape index (κ2) is 3.80. The van der Waals surface area contributed by atoms with Crippen molar-refractivity contribution in [2.45, 2.75) is 0 Å². The molecule has 76 valence electrons. The summed E-state index contributed by atoms with van der Waals surface area (Å²) in [6, 6.07) is 19.0. The van der Waals surface area contributed by atoms with Crippen LogP contribution in [0.4, 0.5) is 0 Å². The van der Waals surface area contributed by atoms with Gasteiger partial charge in [0.15, 0.2) is 0 Å². The second-order valence-electron chi connectivity index (χ2n) is 3.85. The monoisotopic (exact) mass is 205 g/mol. The maximum absolute atomic E-state index is 3.97. The number of aliphatic imine (C=N–C) groups is 1. The van der Waals surface area contributed by atoms with Gasteiger partial charge in [0, 0.05) is 5.57 Å². The molecule has 1 nitrogen and oxygen atoms in total. The largest absolute Gasteiger partial charge is 0.237 e. The first-order valence-electron chi connectivity index (χ1n) is 5.38. The number of benzene rings is 2. The van der Waals surface area contributed by atoms with Crippen molar-refractivity contribution in [3.63, 3.8) is 0 Å². The van der Waals surface area contributed by atoms with E-state index in [1.165, 1.54) is 22.3 Å². The van der Waals surface area contributed by atoms with E-state index >= 15 is 0 Å². The first kappa shape index (κ1) is 9.14. The minimum absolute atomic E-state index is 0.810. The standard InChI is InChI=1S/C15H11N/c1-2-4-12(5-3-1)13-6-8-14(9-7-13)15-10-16-11-15/h1-9H,10H2. The van der Waals surface area contributed by atoms with Crippen molar-refractivity contribution in [3.8, 4) is 11.1 Å². The smallest absolute Gasteiger partial charge is 0.0828 e. The van der Waals surface area contributed by atoms with E-state index in [1.54, 1.807) is 0 Å². The summed E-state index contributed by atoms with van der Waals surface area (Å²) in [7, 11) is 0. The van der Waals surface area contributed by atoms with Crippen LogP contribution in [-0.4, -0.2) is 12.4 Å². The van der Waals surface area contributed by atoms with Crippen LogP contribution in [0.15, 0.2) is 59.6 Å². The molecular weight excluding hydrogens is 194 g/mol. The Bertz CT molecular complexity index is 558. The highest BCUT2D eigenvalue weighted by atomic mass is 14.7. The van der Waals surface area contributed by atoms with Crippen molar-refractivity contribution in [2.75, 3.05) is 6.54 Å². The fraction of sp³-hybridized carbons (Fsp3) is 0.0667. The maximum Gasteiger partial charge on any atom is 0.0828 e. The van der Waals surface area contributed by atoms with Crippen molar-refractivity contribution < 1.29 is 0 Å². The summed E-state index contributed by atoms with van der Waals surface area (Å²) in [6.45, 7) is 0.810. The summed E-state index contributed by atoms with van der Waals surface area (Å²) < 4.78 is 0. The van der Waals surface area contributed by atoms with E-state index in [4.69, 9.17) is 0 Å². The lowest BCUT2D eigenvalue weighted by Gasteiger charge is -2.07. The van der Waals surface area contributed by atoms with E-state index in [2.05, 4.69) is 59.4 Å². The van der Waals surface area contributed by atoms with Gasteiger partial charge in [-0.2, -0.15) is 0 Å². The molecule has 2 aromatic carbocycles. The zero-order chi connectivity index (χ0) is 10.8. The lowest BCUT2D eigenvalue weighted by atomic mass is 10.0. The Morgan fingerprint density at radius 3 is 1.88 bits per heavy atom. The highest BCUT2D eigenvalue weighted by Gasteiger charge is 2.05. The summed E-state index contributed by atoms with van der Waals surface area (Å²) in [5.41, 5.74) is 4.95. The minimum atomic E-state index is 0.810. The van der Waals surface area contributed by atoms with Crippen LogP contribution < -0.4 is 0 Å². The summed E-state index contributed by atoms with van der Waals surface area (Å²) >= 11 is 0. The first-order valence-corrected chi connectivity index (χ1v) is 5.38. The van der Waals surface area contributed by atoms with Crippen LogP contribution in [0, 0.1) is 0 Å². The molecule has 0 spiro atoms. The fourth-order valence-corrected chi connectivity index (χ4v) is 1.81. The zero-order valence-corrected chi connectivity index (χ0v) is 8.85.